The van der Waals surface area contributed by atoms with Gasteiger partial charge in [-0.15, -0.1) is 0 Å². The molecule has 4 rings (SSSR count). The van der Waals surface area contributed by atoms with Crippen molar-refractivity contribution in [2.45, 2.75) is 36.7 Å². The van der Waals surface area contributed by atoms with Crippen molar-refractivity contribution < 1.29 is 23.5 Å². The minimum absolute atomic E-state index is 0.0774. The Morgan fingerprint density at radius 2 is 1.96 bits per heavy atom. The molecule has 0 amide bonds. The van der Waals surface area contributed by atoms with Gasteiger partial charge in [-0.3, -0.25) is 10.1 Å². The van der Waals surface area contributed by atoms with Crippen LogP contribution in [0.15, 0.2) is 29.4 Å². The monoisotopic (exact) mass is 350 g/mol. The molecule has 2 aliphatic heterocycles. The number of nitro benzene ring substituents is 1. The maximum absolute atomic E-state index is 13.0. The lowest BCUT2D eigenvalue weighted by molar-refractivity contribution is -0.384. The second-order valence-corrected chi connectivity index (χ2v) is 7.59. The Balaban J connectivity index is 1.66. The maximum Gasteiger partial charge on any atom is 0.368 e. The number of hydrogen-bond acceptors (Lipinski definition) is 7. The van der Waals surface area contributed by atoms with E-state index < -0.39 is 26.6 Å². The zero-order valence-corrected chi connectivity index (χ0v) is 13.4. The second-order valence-electron chi connectivity index (χ2n) is 6.06. The Morgan fingerprint density at radius 3 is 2.67 bits per heavy atom. The molecule has 0 bridgehead atoms. The van der Waals surface area contributed by atoms with Crippen molar-refractivity contribution in [3.05, 3.63) is 39.9 Å². The van der Waals surface area contributed by atoms with Gasteiger partial charge >= 0.3 is 10.9 Å². The first-order chi connectivity index (χ1) is 11.5. The lowest BCUT2D eigenvalue weighted by Gasteiger charge is -2.28. The normalized spacial score (nSPS) is 34.4. The number of nitro groups is 1. The number of oxime groups is 1. The third-order valence-corrected chi connectivity index (χ3v) is 6.53. The first kappa shape index (κ1) is 15.3. The van der Waals surface area contributed by atoms with E-state index in [4.69, 9.17) is 9.57 Å². The molecule has 1 saturated carbocycles. The number of esters is 1. The van der Waals surface area contributed by atoms with Crippen molar-refractivity contribution in [2.75, 3.05) is 0 Å². The highest BCUT2D eigenvalue weighted by atomic mass is 32.2. The van der Waals surface area contributed by atoms with Gasteiger partial charge in [0.1, 0.15) is 16.9 Å². The number of hydrogen-bond donors (Lipinski definition) is 0. The van der Waals surface area contributed by atoms with Gasteiger partial charge < -0.3 is 9.57 Å². The molecular weight excluding hydrogens is 336 g/mol. The van der Waals surface area contributed by atoms with E-state index in [1.807, 2.05) is 0 Å². The van der Waals surface area contributed by atoms with Crippen molar-refractivity contribution in [3.63, 3.8) is 0 Å². The summed E-state index contributed by atoms with van der Waals surface area (Å²) in [6, 6.07) is 5.51. The third-order valence-electron chi connectivity index (χ3n) is 4.77. The van der Waals surface area contributed by atoms with E-state index in [1.54, 1.807) is 0 Å². The zero-order chi connectivity index (χ0) is 16.9. The number of nitrogens with zero attached hydrogens (tertiary/aromatic N) is 2. The number of rotatable bonds is 2. The second kappa shape index (κ2) is 5.37. The Morgan fingerprint density at radius 1 is 1.25 bits per heavy atom. The quantitative estimate of drug-likeness (QED) is 0.457. The smallest absolute Gasteiger partial charge is 0.368 e. The van der Waals surface area contributed by atoms with Crippen LogP contribution >= 0.6 is 0 Å². The molecule has 2 unspecified atom stereocenters. The molecule has 1 aromatic carbocycles. The highest BCUT2D eigenvalue weighted by Crippen LogP contribution is 2.48. The van der Waals surface area contributed by atoms with Crippen LogP contribution in [0.1, 0.15) is 31.2 Å². The number of carbonyl (C=O) groups excluding carboxylic acids is 1. The van der Waals surface area contributed by atoms with Crippen molar-refractivity contribution >= 4 is 27.5 Å². The molecule has 126 valence electrons. The van der Waals surface area contributed by atoms with E-state index in [9.17, 15) is 19.1 Å². The van der Waals surface area contributed by atoms with Crippen LogP contribution in [0.4, 0.5) is 5.69 Å². The molecule has 8 nitrogen and oxygen atoms in total. The average molecular weight is 350 g/mol. The van der Waals surface area contributed by atoms with Crippen molar-refractivity contribution in [3.8, 4) is 0 Å². The van der Waals surface area contributed by atoms with Gasteiger partial charge in [0.05, 0.1) is 10.8 Å². The summed E-state index contributed by atoms with van der Waals surface area (Å²) in [5.74, 6) is -0.905. The summed E-state index contributed by atoms with van der Waals surface area (Å²) in [7, 11) is -1.83. The average Bonchev–Trinajstić information content (AvgIpc) is 3.07. The summed E-state index contributed by atoms with van der Waals surface area (Å²) in [4.78, 5) is 26.5. The van der Waals surface area contributed by atoms with E-state index in [1.165, 1.54) is 24.3 Å². The molecule has 24 heavy (non-hydrogen) atoms. The van der Waals surface area contributed by atoms with E-state index in [0.29, 0.717) is 12.0 Å². The topological polar surface area (TPSA) is 108 Å². The predicted molar refractivity (Wildman–Crippen MR) is 83.4 cm³/mol. The molecule has 1 saturated heterocycles. The van der Waals surface area contributed by atoms with E-state index in [0.717, 1.165) is 19.3 Å². The lowest BCUT2D eigenvalue weighted by atomic mass is 9.84. The molecule has 1 aromatic rings. The fourth-order valence-corrected chi connectivity index (χ4v) is 5.16. The molecular formula is C15H14N2O6S. The van der Waals surface area contributed by atoms with Gasteiger partial charge in [-0.05, 0) is 31.4 Å². The van der Waals surface area contributed by atoms with E-state index in [-0.39, 0.29) is 22.8 Å². The first-order valence-electron chi connectivity index (χ1n) is 7.68. The minimum Gasteiger partial charge on any atom is -0.458 e. The summed E-state index contributed by atoms with van der Waals surface area (Å²) in [5.41, 5.74) is 0.356. The maximum atomic E-state index is 13.0. The first-order valence-corrected chi connectivity index (χ1v) is 8.83. The Bertz CT molecular complexity index is 777. The largest absolute Gasteiger partial charge is 0.458 e. The number of non-ortho nitro benzene ring substituents is 1. The van der Waals surface area contributed by atoms with Crippen molar-refractivity contribution in [1.82, 2.24) is 0 Å². The van der Waals surface area contributed by atoms with Crippen molar-refractivity contribution in [1.29, 1.82) is 0 Å². The molecule has 4 atom stereocenters. The van der Waals surface area contributed by atoms with Crippen LogP contribution in [0.5, 0.6) is 0 Å². The lowest BCUT2D eigenvalue weighted by Crippen LogP contribution is -2.47. The number of ether oxygens (including phenoxy) is 1. The third kappa shape index (κ3) is 2.00. The van der Waals surface area contributed by atoms with Crippen LogP contribution in [0, 0.1) is 16.0 Å². The summed E-state index contributed by atoms with van der Waals surface area (Å²) >= 11 is 0. The molecule has 9 heteroatoms. The molecule has 0 aromatic heterocycles. The Labute approximate surface area is 139 Å². The van der Waals surface area contributed by atoms with Crippen LogP contribution in [0.25, 0.3) is 0 Å². The van der Waals surface area contributed by atoms with Crippen LogP contribution in [-0.4, -0.2) is 31.2 Å². The number of fused-ring (bicyclic) bond motifs is 2. The number of carbonyl (C=O) groups is 1. The fourth-order valence-electron chi connectivity index (χ4n) is 3.57. The SMILES string of the molecule is O=C1O[C@H]2CCCC[C@@H]2C12ON=C(c1ccc([N+](=O)[O-])cc1)S2=O. The van der Waals surface area contributed by atoms with Crippen molar-refractivity contribution in [2.24, 2.45) is 11.1 Å². The van der Waals surface area contributed by atoms with Crippen LogP contribution in [0.3, 0.4) is 0 Å². The molecule has 2 fully saturated rings. The molecule has 3 aliphatic rings. The minimum atomic E-state index is -1.83. The van der Waals surface area contributed by atoms with E-state index >= 15 is 0 Å². The summed E-state index contributed by atoms with van der Waals surface area (Å²) in [5, 5.41) is 14.7. The van der Waals surface area contributed by atoms with Gasteiger partial charge in [0.25, 0.3) is 5.69 Å². The summed E-state index contributed by atoms with van der Waals surface area (Å²) < 4.78 is 18.4. The molecule has 2 heterocycles. The molecule has 0 radical (unpaired) electrons. The van der Waals surface area contributed by atoms with Gasteiger partial charge in [-0.1, -0.05) is 11.6 Å². The fraction of sp³-hybridized carbons (Fsp3) is 0.467. The standard InChI is InChI=1S/C15H14N2O6S/c18-14-15(11-3-1-2-4-12(11)22-14)23-16-13(24(15)21)9-5-7-10(8-6-9)17(19)20/h5-8,11-12H,1-4H2/t11-,12-,15?,24?/m0/s1. The van der Waals surface area contributed by atoms with Crippen LogP contribution in [-0.2, 0) is 25.2 Å². The van der Waals surface area contributed by atoms with Gasteiger partial charge in [0.2, 0.25) is 0 Å². The zero-order valence-electron chi connectivity index (χ0n) is 12.5. The number of benzene rings is 1. The van der Waals surface area contributed by atoms with Gasteiger partial charge in [0.15, 0.2) is 5.04 Å². The molecule has 0 N–H and O–H groups in total. The molecule has 1 aliphatic carbocycles. The predicted octanol–water partition coefficient (Wildman–Crippen LogP) is 1.85. The summed E-state index contributed by atoms with van der Waals surface area (Å²) in [6.45, 7) is 0. The Hall–Kier alpha value is -2.29. The van der Waals surface area contributed by atoms with E-state index in [2.05, 4.69) is 5.16 Å². The summed E-state index contributed by atoms with van der Waals surface area (Å²) in [6.07, 6.45) is 3.05. The highest BCUT2D eigenvalue weighted by Gasteiger charge is 2.68. The highest BCUT2D eigenvalue weighted by molar-refractivity contribution is 8.03. The van der Waals surface area contributed by atoms with Gasteiger partial charge in [-0.2, -0.15) is 0 Å². The van der Waals surface area contributed by atoms with Gasteiger partial charge in [0, 0.05) is 17.7 Å². The van der Waals surface area contributed by atoms with Crippen LogP contribution in [0.2, 0.25) is 0 Å². The Kier molecular flexibility index (Phi) is 3.41. The van der Waals surface area contributed by atoms with Crippen LogP contribution < -0.4 is 0 Å². The molecule has 1 spiro atoms. The van der Waals surface area contributed by atoms with Gasteiger partial charge in [-0.25, -0.2) is 9.00 Å².